The van der Waals surface area contributed by atoms with E-state index in [4.69, 9.17) is 11.5 Å². The lowest BCUT2D eigenvalue weighted by Gasteiger charge is -2.04. The largest absolute Gasteiger partial charge is 0.403 e. The standard InChI is InChI=1S/C10H13N3O/c11-6-9(12)10(14)13-7-8-4-2-1-3-5-8/h1-6H,7,11-12H2,(H,13,14)/b9-6+. The molecule has 4 heteroatoms. The van der Waals surface area contributed by atoms with Crippen LogP contribution in [-0.4, -0.2) is 5.91 Å². The maximum Gasteiger partial charge on any atom is 0.268 e. The van der Waals surface area contributed by atoms with Crippen LogP contribution < -0.4 is 16.8 Å². The second-order valence-corrected chi connectivity index (χ2v) is 2.79. The molecule has 0 saturated carbocycles. The number of carbonyl (C=O) groups excluding carboxylic acids is 1. The van der Waals surface area contributed by atoms with E-state index < -0.39 is 0 Å². The highest BCUT2D eigenvalue weighted by atomic mass is 16.1. The highest BCUT2D eigenvalue weighted by Gasteiger charge is 2.02. The van der Waals surface area contributed by atoms with Crippen LogP contribution in [0.1, 0.15) is 5.56 Å². The summed E-state index contributed by atoms with van der Waals surface area (Å²) in [4.78, 5) is 11.2. The molecule has 0 atom stereocenters. The molecule has 0 radical (unpaired) electrons. The van der Waals surface area contributed by atoms with Crippen molar-refractivity contribution in [2.45, 2.75) is 6.54 Å². The van der Waals surface area contributed by atoms with E-state index in [1.807, 2.05) is 30.3 Å². The Kier molecular flexibility index (Phi) is 3.55. The number of rotatable bonds is 3. The van der Waals surface area contributed by atoms with Crippen molar-refractivity contribution in [2.75, 3.05) is 0 Å². The third-order valence-electron chi connectivity index (χ3n) is 1.74. The van der Waals surface area contributed by atoms with Crippen molar-refractivity contribution in [3.8, 4) is 0 Å². The summed E-state index contributed by atoms with van der Waals surface area (Å²) in [5, 5.41) is 2.64. The van der Waals surface area contributed by atoms with E-state index in [2.05, 4.69) is 5.32 Å². The smallest absolute Gasteiger partial charge is 0.268 e. The number of amides is 1. The lowest BCUT2D eigenvalue weighted by atomic mass is 10.2. The molecule has 1 aromatic carbocycles. The predicted molar refractivity (Wildman–Crippen MR) is 54.7 cm³/mol. The molecule has 74 valence electrons. The van der Waals surface area contributed by atoms with Crippen molar-refractivity contribution in [3.05, 3.63) is 47.8 Å². The first-order valence-electron chi connectivity index (χ1n) is 4.23. The maximum absolute atomic E-state index is 11.2. The van der Waals surface area contributed by atoms with Gasteiger partial charge in [-0.1, -0.05) is 30.3 Å². The van der Waals surface area contributed by atoms with Crippen LogP contribution >= 0.6 is 0 Å². The highest BCUT2D eigenvalue weighted by Crippen LogP contribution is 1.97. The molecule has 4 nitrogen and oxygen atoms in total. The van der Waals surface area contributed by atoms with Gasteiger partial charge in [-0.05, 0) is 5.56 Å². The number of benzene rings is 1. The Hall–Kier alpha value is -1.97. The summed E-state index contributed by atoms with van der Waals surface area (Å²) in [7, 11) is 0. The Balaban J connectivity index is 2.46. The van der Waals surface area contributed by atoms with E-state index in [1.165, 1.54) is 0 Å². The lowest BCUT2D eigenvalue weighted by Crippen LogP contribution is -2.28. The normalized spacial score (nSPS) is 11.0. The summed E-state index contributed by atoms with van der Waals surface area (Å²) in [6.07, 6.45) is 1.08. The molecule has 0 unspecified atom stereocenters. The fourth-order valence-corrected chi connectivity index (χ4v) is 0.956. The third-order valence-corrected chi connectivity index (χ3v) is 1.74. The van der Waals surface area contributed by atoms with Gasteiger partial charge in [0.1, 0.15) is 5.70 Å². The van der Waals surface area contributed by atoms with Crippen LogP contribution in [0.2, 0.25) is 0 Å². The fraction of sp³-hybridized carbons (Fsp3) is 0.100. The number of nitrogens with two attached hydrogens (primary N) is 2. The van der Waals surface area contributed by atoms with Gasteiger partial charge in [0.15, 0.2) is 0 Å². The van der Waals surface area contributed by atoms with Crippen LogP contribution in [0.5, 0.6) is 0 Å². The van der Waals surface area contributed by atoms with Crippen LogP contribution in [0.15, 0.2) is 42.2 Å². The Bertz CT molecular complexity index is 332. The monoisotopic (exact) mass is 191 g/mol. The maximum atomic E-state index is 11.2. The summed E-state index contributed by atoms with van der Waals surface area (Å²) >= 11 is 0. The zero-order valence-corrected chi connectivity index (χ0v) is 7.73. The zero-order chi connectivity index (χ0) is 10.4. The fourth-order valence-electron chi connectivity index (χ4n) is 0.956. The average Bonchev–Trinajstić information content (AvgIpc) is 2.26. The molecular formula is C10H13N3O. The molecule has 0 fully saturated rings. The minimum Gasteiger partial charge on any atom is -0.403 e. The minimum absolute atomic E-state index is 0.0286. The topological polar surface area (TPSA) is 81.1 Å². The Morgan fingerprint density at radius 3 is 2.57 bits per heavy atom. The highest BCUT2D eigenvalue weighted by molar-refractivity contribution is 5.92. The van der Waals surface area contributed by atoms with Crippen molar-refractivity contribution in [1.82, 2.24) is 5.32 Å². The van der Waals surface area contributed by atoms with E-state index in [0.717, 1.165) is 11.8 Å². The molecule has 1 aromatic rings. The van der Waals surface area contributed by atoms with Gasteiger partial charge in [-0.3, -0.25) is 4.79 Å². The van der Waals surface area contributed by atoms with E-state index in [9.17, 15) is 4.79 Å². The molecule has 5 N–H and O–H groups in total. The van der Waals surface area contributed by atoms with Gasteiger partial charge in [0.25, 0.3) is 5.91 Å². The summed E-state index contributed by atoms with van der Waals surface area (Å²) in [6, 6.07) is 9.57. The van der Waals surface area contributed by atoms with Gasteiger partial charge in [0.05, 0.1) is 0 Å². The van der Waals surface area contributed by atoms with Crippen molar-refractivity contribution in [3.63, 3.8) is 0 Å². The lowest BCUT2D eigenvalue weighted by molar-refractivity contribution is -0.117. The van der Waals surface area contributed by atoms with Gasteiger partial charge in [-0.2, -0.15) is 0 Å². The first kappa shape index (κ1) is 10.1. The van der Waals surface area contributed by atoms with Gasteiger partial charge in [0.2, 0.25) is 0 Å². The summed E-state index contributed by atoms with van der Waals surface area (Å²) < 4.78 is 0. The second kappa shape index (κ2) is 4.91. The van der Waals surface area contributed by atoms with E-state index in [1.54, 1.807) is 0 Å². The zero-order valence-electron chi connectivity index (χ0n) is 7.73. The molecule has 0 bridgehead atoms. The molecule has 0 heterocycles. The van der Waals surface area contributed by atoms with E-state index in [0.29, 0.717) is 6.54 Å². The van der Waals surface area contributed by atoms with Crippen molar-refractivity contribution >= 4 is 5.91 Å². The molecule has 0 aliphatic carbocycles. The molecular weight excluding hydrogens is 178 g/mol. The molecule has 0 aliphatic heterocycles. The molecule has 0 spiro atoms. The second-order valence-electron chi connectivity index (χ2n) is 2.79. The number of hydrogen-bond donors (Lipinski definition) is 3. The molecule has 1 amide bonds. The quantitative estimate of drug-likeness (QED) is 0.591. The van der Waals surface area contributed by atoms with Crippen molar-refractivity contribution in [1.29, 1.82) is 0 Å². The van der Waals surface area contributed by atoms with Gasteiger partial charge in [-0.15, -0.1) is 0 Å². The van der Waals surface area contributed by atoms with Gasteiger partial charge >= 0.3 is 0 Å². The summed E-state index contributed by atoms with van der Waals surface area (Å²) in [6.45, 7) is 0.453. The predicted octanol–water partition coefficient (Wildman–Crippen LogP) is 0.0616. The SMILES string of the molecule is N/C=C(/N)C(=O)NCc1ccccc1. The van der Waals surface area contributed by atoms with Crippen molar-refractivity contribution < 1.29 is 4.79 Å². The number of carbonyl (C=O) groups is 1. The van der Waals surface area contributed by atoms with Crippen molar-refractivity contribution in [2.24, 2.45) is 11.5 Å². The first-order chi connectivity index (χ1) is 6.74. The minimum atomic E-state index is -0.351. The van der Waals surface area contributed by atoms with Crippen LogP contribution in [0.4, 0.5) is 0 Å². The summed E-state index contributed by atoms with van der Waals surface area (Å²) in [5.41, 5.74) is 11.4. The summed E-state index contributed by atoms with van der Waals surface area (Å²) in [5.74, 6) is -0.351. The molecule has 0 saturated heterocycles. The molecule has 1 rings (SSSR count). The molecule has 14 heavy (non-hydrogen) atoms. The van der Waals surface area contributed by atoms with Crippen LogP contribution in [0.25, 0.3) is 0 Å². The van der Waals surface area contributed by atoms with Gasteiger partial charge in [0, 0.05) is 12.7 Å². The van der Waals surface area contributed by atoms with E-state index >= 15 is 0 Å². The van der Waals surface area contributed by atoms with Gasteiger partial charge in [-0.25, -0.2) is 0 Å². The Labute approximate surface area is 82.6 Å². The average molecular weight is 191 g/mol. The molecule has 0 aromatic heterocycles. The van der Waals surface area contributed by atoms with Crippen LogP contribution in [-0.2, 0) is 11.3 Å². The number of nitrogens with one attached hydrogen (secondary N) is 1. The molecule has 0 aliphatic rings. The third kappa shape index (κ3) is 2.82. The van der Waals surface area contributed by atoms with Gasteiger partial charge < -0.3 is 16.8 Å². The van der Waals surface area contributed by atoms with Crippen LogP contribution in [0, 0.1) is 0 Å². The van der Waals surface area contributed by atoms with Crippen LogP contribution in [0.3, 0.4) is 0 Å². The first-order valence-corrected chi connectivity index (χ1v) is 4.23. The van der Waals surface area contributed by atoms with E-state index in [-0.39, 0.29) is 11.6 Å². The Morgan fingerprint density at radius 1 is 1.36 bits per heavy atom. The Morgan fingerprint density at radius 2 is 2.00 bits per heavy atom. The number of hydrogen-bond acceptors (Lipinski definition) is 3.